The largest absolute Gasteiger partial charge is 0.260 e. The SMILES string of the molecule is CCC1C=c2ccc3c(c2CC1)CC=c1cc(-c2ccc4cnn(Cc5ccc6ncccc6c5)c4c2)ccc1=3. The van der Waals surface area contributed by atoms with Gasteiger partial charge in [-0.2, -0.15) is 5.10 Å². The van der Waals surface area contributed by atoms with Crippen LogP contribution in [0.15, 0.2) is 91.3 Å². The van der Waals surface area contributed by atoms with Gasteiger partial charge in [-0.25, -0.2) is 0 Å². The Kier molecular flexibility index (Phi) is 5.44. The number of pyridine rings is 1. The van der Waals surface area contributed by atoms with Gasteiger partial charge in [-0.15, -0.1) is 0 Å². The highest BCUT2D eigenvalue weighted by Crippen LogP contribution is 2.26. The maximum atomic E-state index is 4.74. The number of hydrogen-bond donors (Lipinski definition) is 0. The van der Waals surface area contributed by atoms with Crippen molar-refractivity contribution in [3.8, 4) is 11.1 Å². The second-order valence-corrected chi connectivity index (χ2v) is 11.3. The van der Waals surface area contributed by atoms with Crippen LogP contribution in [0.5, 0.6) is 0 Å². The van der Waals surface area contributed by atoms with Gasteiger partial charge in [0.15, 0.2) is 0 Å². The van der Waals surface area contributed by atoms with Crippen LogP contribution in [-0.4, -0.2) is 14.8 Å². The summed E-state index contributed by atoms with van der Waals surface area (Å²) in [5.41, 5.74) is 9.00. The summed E-state index contributed by atoms with van der Waals surface area (Å²) in [6, 6.07) is 29.0. The van der Waals surface area contributed by atoms with Crippen molar-refractivity contribution >= 4 is 34.0 Å². The van der Waals surface area contributed by atoms with Crippen molar-refractivity contribution in [3.05, 3.63) is 129 Å². The molecular weight excluding hydrogens is 486 g/mol. The Morgan fingerprint density at radius 3 is 2.67 bits per heavy atom. The highest BCUT2D eigenvalue weighted by Gasteiger charge is 2.16. The maximum absolute atomic E-state index is 4.74. The Morgan fingerprint density at radius 2 is 1.73 bits per heavy atom. The molecule has 4 aromatic carbocycles. The van der Waals surface area contributed by atoms with Crippen LogP contribution in [0.2, 0.25) is 0 Å². The van der Waals surface area contributed by atoms with Crippen LogP contribution in [0.4, 0.5) is 0 Å². The predicted octanol–water partition coefficient (Wildman–Crippen LogP) is 6.68. The van der Waals surface area contributed by atoms with Gasteiger partial charge in [0.2, 0.25) is 0 Å². The fourth-order valence-electron chi connectivity index (χ4n) is 6.78. The minimum atomic E-state index is 0.728. The Balaban J connectivity index is 1.18. The van der Waals surface area contributed by atoms with Crippen LogP contribution < -0.4 is 10.4 Å². The number of rotatable bonds is 4. The van der Waals surface area contributed by atoms with E-state index in [0.717, 1.165) is 40.7 Å². The van der Waals surface area contributed by atoms with E-state index in [-0.39, 0.29) is 0 Å². The molecule has 2 aliphatic rings. The predicted molar refractivity (Wildman–Crippen MR) is 164 cm³/mol. The minimum absolute atomic E-state index is 0.728. The van der Waals surface area contributed by atoms with Crippen LogP contribution in [0, 0.1) is 16.4 Å². The molecule has 0 aliphatic heterocycles. The molecule has 2 heterocycles. The van der Waals surface area contributed by atoms with Gasteiger partial charge in [-0.1, -0.05) is 67.6 Å². The van der Waals surface area contributed by atoms with Gasteiger partial charge in [-0.3, -0.25) is 9.67 Å². The summed E-state index contributed by atoms with van der Waals surface area (Å²) in [4.78, 5) is 4.46. The number of hydrogen-bond acceptors (Lipinski definition) is 2. The van der Waals surface area contributed by atoms with Crippen molar-refractivity contribution in [2.24, 2.45) is 5.92 Å². The monoisotopic (exact) mass is 517 g/mol. The van der Waals surface area contributed by atoms with Gasteiger partial charge in [0, 0.05) is 17.0 Å². The van der Waals surface area contributed by atoms with Gasteiger partial charge in [0.25, 0.3) is 0 Å². The molecule has 194 valence electrons. The molecule has 1 atom stereocenters. The standard InChI is InChI=1S/C37H31N3/c1-2-24-5-12-32-28(18-24)10-14-35-33-13-9-26(20-29(33)11-15-34(32)35)27-7-8-31-22-39-40(37(31)21-27)23-25-6-16-36-30(19-25)4-3-17-38-36/h3-4,6-11,13-14,16-22,24H,2,5,12,15,23H2,1H3. The van der Waals surface area contributed by atoms with Crippen LogP contribution in [-0.2, 0) is 19.4 Å². The first-order valence-electron chi connectivity index (χ1n) is 14.5. The molecule has 0 saturated carbocycles. The molecule has 0 fully saturated rings. The minimum Gasteiger partial charge on any atom is -0.260 e. The first-order valence-corrected chi connectivity index (χ1v) is 14.5. The molecule has 2 aromatic heterocycles. The van der Waals surface area contributed by atoms with Crippen LogP contribution >= 0.6 is 0 Å². The molecular formula is C37H31N3. The zero-order valence-corrected chi connectivity index (χ0v) is 22.8. The smallest absolute Gasteiger partial charge is 0.0702 e. The van der Waals surface area contributed by atoms with Crippen LogP contribution in [0.1, 0.15) is 36.5 Å². The lowest BCUT2D eigenvalue weighted by molar-refractivity contribution is 0.585. The summed E-state index contributed by atoms with van der Waals surface area (Å²) in [5, 5.41) is 12.7. The molecule has 0 spiro atoms. The van der Waals surface area contributed by atoms with Gasteiger partial charge >= 0.3 is 0 Å². The van der Waals surface area contributed by atoms with Crippen molar-refractivity contribution in [2.45, 2.75) is 39.2 Å². The van der Waals surface area contributed by atoms with E-state index < -0.39 is 0 Å². The van der Waals surface area contributed by atoms with E-state index in [9.17, 15) is 0 Å². The summed E-state index contributed by atoms with van der Waals surface area (Å²) in [6.45, 7) is 3.04. The summed E-state index contributed by atoms with van der Waals surface area (Å²) >= 11 is 0. The third kappa shape index (κ3) is 3.88. The van der Waals surface area contributed by atoms with Crippen molar-refractivity contribution in [3.63, 3.8) is 0 Å². The van der Waals surface area contributed by atoms with Crippen molar-refractivity contribution < 1.29 is 0 Å². The maximum Gasteiger partial charge on any atom is 0.0702 e. The summed E-state index contributed by atoms with van der Waals surface area (Å²) in [7, 11) is 0. The van der Waals surface area contributed by atoms with Crippen molar-refractivity contribution in [2.75, 3.05) is 0 Å². The molecule has 2 aliphatic carbocycles. The Bertz CT molecular complexity index is 2170. The fraction of sp³-hybridized carbons (Fsp3) is 0.189. The molecule has 3 heteroatoms. The zero-order valence-electron chi connectivity index (χ0n) is 22.8. The fourth-order valence-corrected chi connectivity index (χ4v) is 6.78. The van der Waals surface area contributed by atoms with Gasteiger partial charge in [-0.05, 0) is 111 Å². The lowest BCUT2D eigenvalue weighted by Gasteiger charge is -2.21. The van der Waals surface area contributed by atoms with E-state index in [1.807, 2.05) is 18.5 Å². The molecule has 0 N–H and O–H groups in total. The molecule has 0 amide bonds. The van der Waals surface area contributed by atoms with E-state index in [1.54, 1.807) is 11.1 Å². The third-order valence-electron chi connectivity index (χ3n) is 9.02. The van der Waals surface area contributed by atoms with E-state index in [4.69, 9.17) is 5.10 Å². The zero-order chi connectivity index (χ0) is 26.6. The first kappa shape index (κ1) is 23.4. The number of nitrogens with zero attached hydrogens (tertiary/aromatic N) is 3. The summed E-state index contributed by atoms with van der Waals surface area (Å²) in [5.74, 6) is 0.728. The molecule has 1 unspecified atom stereocenters. The van der Waals surface area contributed by atoms with E-state index >= 15 is 0 Å². The number of benzene rings is 4. The Hall–Kier alpha value is -4.50. The normalized spacial score (nSPS) is 15.7. The quantitative estimate of drug-likeness (QED) is 0.261. The molecule has 8 rings (SSSR count). The molecule has 6 aromatic rings. The summed E-state index contributed by atoms with van der Waals surface area (Å²) in [6.07, 6.45) is 13.5. The van der Waals surface area contributed by atoms with E-state index in [1.165, 1.54) is 56.8 Å². The molecule has 0 saturated heterocycles. The summed E-state index contributed by atoms with van der Waals surface area (Å²) < 4.78 is 2.11. The topological polar surface area (TPSA) is 30.7 Å². The highest BCUT2D eigenvalue weighted by atomic mass is 15.3. The van der Waals surface area contributed by atoms with Gasteiger partial charge < -0.3 is 0 Å². The van der Waals surface area contributed by atoms with E-state index in [2.05, 4.69) is 102 Å². The van der Waals surface area contributed by atoms with Crippen LogP contribution in [0.25, 0.3) is 45.1 Å². The Labute approximate surface area is 233 Å². The number of aromatic nitrogens is 3. The molecule has 3 nitrogen and oxygen atoms in total. The van der Waals surface area contributed by atoms with Crippen molar-refractivity contribution in [1.82, 2.24) is 14.8 Å². The molecule has 0 radical (unpaired) electrons. The molecule has 0 bridgehead atoms. The average Bonchev–Trinajstić information content (AvgIpc) is 3.41. The highest BCUT2D eigenvalue weighted by molar-refractivity contribution is 5.85. The lowest BCUT2D eigenvalue weighted by Crippen LogP contribution is -2.22. The third-order valence-corrected chi connectivity index (χ3v) is 9.02. The second-order valence-electron chi connectivity index (χ2n) is 11.3. The lowest BCUT2D eigenvalue weighted by atomic mass is 9.84. The van der Waals surface area contributed by atoms with Crippen LogP contribution in [0.3, 0.4) is 0 Å². The Morgan fingerprint density at radius 1 is 0.825 bits per heavy atom. The van der Waals surface area contributed by atoms with Gasteiger partial charge in [0.1, 0.15) is 0 Å². The van der Waals surface area contributed by atoms with Crippen molar-refractivity contribution in [1.29, 1.82) is 0 Å². The average molecular weight is 518 g/mol. The second kappa shape index (κ2) is 9.31. The first-order chi connectivity index (χ1) is 19.7. The molecule has 40 heavy (non-hydrogen) atoms. The van der Waals surface area contributed by atoms with Gasteiger partial charge in [0.05, 0.1) is 23.8 Å². The van der Waals surface area contributed by atoms with E-state index in [0.29, 0.717) is 0 Å². The number of fused-ring (bicyclic) bond motifs is 6.